The predicted molar refractivity (Wildman–Crippen MR) is 97.9 cm³/mol. The van der Waals surface area contributed by atoms with E-state index in [0.29, 0.717) is 24.4 Å². The second kappa shape index (κ2) is 5.84. The Morgan fingerprint density at radius 3 is 2.68 bits per heavy atom. The third-order valence-corrected chi connectivity index (χ3v) is 8.93. The van der Waals surface area contributed by atoms with Crippen LogP contribution in [0.3, 0.4) is 0 Å². The minimum atomic E-state index is -0.316. The highest BCUT2D eigenvalue weighted by molar-refractivity contribution is 5.66. The van der Waals surface area contributed by atoms with Crippen molar-refractivity contribution in [3.8, 4) is 0 Å². The van der Waals surface area contributed by atoms with Crippen molar-refractivity contribution in [3.63, 3.8) is 0 Å². The van der Waals surface area contributed by atoms with Gasteiger partial charge < -0.3 is 9.84 Å². The quantitative estimate of drug-likeness (QED) is 0.585. The predicted octanol–water partition coefficient (Wildman–Crippen LogP) is 4.63. The molecule has 0 radical (unpaired) electrons. The molecule has 3 fully saturated rings. The molecule has 140 valence electrons. The van der Waals surface area contributed by atoms with Crippen molar-refractivity contribution in [1.29, 1.82) is 0 Å². The lowest BCUT2D eigenvalue weighted by atomic mass is 9.46. The number of aliphatic hydroxyl groups is 1. The molecule has 0 aromatic carbocycles. The Labute approximate surface area is 152 Å². The van der Waals surface area contributed by atoms with Crippen molar-refractivity contribution in [2.75, 3.05) is 6.61 Å². The van der Waals surface area contributed by atoms with Crippen LogP contribution in [0.25, 0.3) is 0 Å². The number of carbonyl (C=O) groups is 1. The monoisotopic (exact) mass is 346 g/mol. The molecule has 25 heavy (non-hydrogen) atoms. The third kappa shape index (κ3) is 2.30. The van der Waals surface area contributed by atoms with Gasteiger partial charge in [0.1, 0.15) is 5.60 Å². The van der Waals surface area contributed by atoms with E-state index in [1.807, 2.05) is 0 Å². The summed E-state index contributed by atoms with van der Waals surface area (Å²) in [5.74, 6) is 1.79. The molecule has 1 N–H and O–H groups in total. The van der Waals surface area contributed by atoms with E-state index >= 15 is 0 Å². The fraction of sp³-hybridized carbons (Fsp3) is 0.864. The van der Waals surface area contributed by atoms with E-state index in [2.05, 4.69) is 19.9 Å². The lowest BCUT2D eigenvalue weighted by Gasteiger charge is -2.59. The summed E-state index contributed by atoms with van der Waals surface area (Å²) in [6.07, 6.45) is 12.9. The first kappa shape index (κ1) is 17.6. The first-order valence-electron chi connectivity index (χ1n) is 10.4. The van der Waals surface area contributed by atoms with Crippen LogP contribution >= 0.6 is 0 Å². The molecule has 3 nitrogen and oxygen atoms in total. The van der Waals surface area contributed by atoms with E-state index in [4.69, 9.17) is 4.74 Å². The van der Waals surface area contributed by atoms with Gasteiger partial charge in [0.15, 0.2) is 0 Å². The van der Waals surface area contributed by atoms with Crippen molar-refractivity contribution < 1.29 is 14.6 Å². The van der Waals surface area contributed by atoms with Crippen LogP contribution < -0.4 is 0 Å². The normalized spacial score (nSPS) is 48.8. The largest absolute Gasteiger partial charge is 0.459 e. The fourth-order valence-electron chi connectivity index (χ4n) is 7.54. The highest BCUT2D eigenvalue weighted by Gasteiger charge is 2.64. The number of aliphatic hydroxyl groups excluding tert-OH is 1. The maximum atomic E-state index is 11.7. The second-order valence-electron chi connectivity index (χ2n) is 9.67. The van der Waals surface area contributed by atoms with E-state index in [0.717, 1.165) is 12.8 Å². The first-order chi connectivity index (χ1) is 11.9. The zero-order chi connectivity index (χ0) is 17.9. The van der Waals surface area contributed by atoms with Gasteiger partial charge in [-0.2, -0.15) is 0 Å². The van der Waals surface area contributed by atoms with Gasteiger partial charge in [0.05, 0.1) is 6.61 Å². The van der Waals surface area contributed by atoms with Gasteiger partial charge in [-0.1, -0.05) is 18.6 Å². The summed E-state index contributed by atoms with van der Waals surface area (Å²) in [6.45, 7) is 6.42. The Morgan fingerprint density at radius 1 is 1.20 bits per heavy atom. The SMILES string of the molecule is CC(=O)OC1(C)CC[C@H]2[C@@H]3CCC4=CCCC[C@]4(CO)[C@@H]3CC[C@@]21C. The Morgan fingerprint density at radius 2 is 1.96 bits per heavy atom. The molecule has 0 saturated heterocycles. The van der Waals surface area contributed by atoms with E-state index in [-0.39, 0.29) is 22.4 Å². The molecule has 3 heteroatoms. The summed E-state index contributed by atoms with van der Waals surface area (Å²) >= 11 is 0. The van der Waals surface area contributed by atoms with Crippen LogP contribution in [-0.4, -0.2) is 23.3 Å². The van der Waals surface area contributed by atoms with Crippen molar-refractivity contribution in [2.24, 2.45) is 28.6 Å². The van der Waals surface area contributed by atoms with Crippen LogP contribution in [-0.2, 0) is 9.53 Å². The maximum Gasteiger partial charge on any atom is 0.303 e. The van der Waals surface area contributed by atoms with Gasteiger partial charge in [-0.3, -0.25) is 4.79 Å². The smallest absolute Gasteiger partial charge is 0.303 e. The van der Waals surface area contributed by atoms with E-state index in [1.54, 1.807) is 12.5 Å². The fourth-order valence-corrected chi connectivity index (χ4v) is 7.54. The average Bonchev–Trinajstić information content (AvgIpc) is 2.85. The van der Waals surface area contributed by atoms with Crippen LogP contribution in [0.4, 0.5) is 0 Å². The number of fused-ring (bicyclic) bond motifs is 5. The molecule has 4 aliphatic carbocycles. The maximum absolute atomic E-state index is 11.7. The number of hydrogen-bond donors (Lipinski definition) is 1. The minimum Gasteiger partial charge on any atom is -0.459 e. The van der Waals surface area contributed by atoms with E-state index in [1.165, 1.54) is 44.9 Å². The number of rotatable bonds is 2. The molecule has 4 rings (SSSR count). The van der Waals surface area contributed by atoms with Gasteiger partial charge in [-0.05, 0) is 82.5 Å². The molecule has 3 saturated carbocycles. The third-order valence-electron chi connectivity index (χ3n) is 8.93. The number of ether oxygens (including phenoxy) is 1. The van der Waals surface area contributed by atoms with Crippen LogP contribution in [0.15, 0.2) is 11.6 Å². The summed E-state index contributed by atoms with van der Waals surface area (Å²) < 4.78 is 5.91. The summed E-state index contributed by atoms with van der Waals surface area (Å²) in [6, 6.07) is 0. The molecule has 0 aromatic heterocycles. The van der Waals surface area contributed by atoms with E-state index < -0.39 is 0 Å². The molecular weight excluding hydrogens is 312 g/mol. The Balaban J connectivity index is 1.67. The van der Waals surface area contributed by atoms with E-state index in [9.17, 15) is 9.90 Å². The number of allylic oxidation sites excluding steroid dienone is 1. The molecule has 0 spiro atoms. The molecule has 4 aliphatic rings. The van der Waals surface area contributed by atoms with Crippen LogP contribution in [0.5, 0.6) is 0 Å². The molecule has 0 aromatic rings. The first-order valence-corrected chi connectivity index (χ1v) is 10.4. The Bertz CT molecular complexity index is 596. The molecular formula is C22H34O3. The van der Waals surface area contributed by atoms with Crippen LogP contribution in [0.1, 0.15) is 78.6 Å². The van der Waals surface area contributed by atoms with Gasteiger partial charge in [0.2, 0.25) is 0 Å². The molecule has 6 atom stereocenters. The Kier molecular flexibility index (Phi) is 4.10. The number of esters is 1. The van der Waals surface area contributed by atoms with Crippen molar-refractivity contribution >= 4 is 5.97 Å². The highest BCUT2D eigenvalue weighted by atomic mass is 16.6. The topological polar surface area (TPSA) is 46.5 Å². The summed E-state index contributed by atoms with van der Waals surface area (Å²) in [5.41, 5.74) is 1.39. The van der Waals surface area contributed by atoms with Gasteiger partial charge in [-0.25, -0.2) is 0 Å². The highest BCUT2D eigenvalue weighted by Crippen LogP contribution is 2.68. The molecule has 1 unspecified atom stereocenters. The van der Waals surface area contributed by atoms with Gasteiger partial charge in [0, 0.05) is 17.8 Å². The summed E-state index contributed by atoms with van der Waals surface area (Å²) in [5, 5.41) is 10.4. The summed E-state index contributed by atoms with van der Waals surface area (Å²) in [4.78, 5) is 11.7. The lowest BCUT2D eigenvalue weighted by Crippen LogP contribution is -2.56. The van der Waals surface area contributed by atoms with Crippen molar-refractivity contribution in [2.45, 2.75) is 84.2 Å². The second-order valence-corrected chi connectivity index (χ2v) is 9.67. The van der Waals surface area contributed by atoms with Crippen LogP contribution in [0.2, 0.25) is 0 Å². The van der Waals surface area contributed by atoms with Gasteiger partial charge >= 0.3 is 5.97 Å². The average molecular weight is 347 g/mol. The molecule has 0 amide bonds. The van der Waals surface area contributed by atoms with Crippen LogP contribution in [0, 0.1) is 28.6 Å². The zero-order valence-corrected chi connectivity index (χ0v) is 16.1. The molecule has 0 heterocycles. The standard InChI is InChI=1S/C22H34O3/c1-15(24)25-21(3)13-10-18-17-8-7-16-6-4-5-11-22(16,14-23)19(17)9-12-20(18,21)2/h6,17-19,23H,4-5,7-14H2,1-3H3/t17-,18-,19+,20-,21?,22+/m0/s1. The van der Waals surface area contributed by atoms with Crippen molar-refractivity contribution in [1.82, 2.24) is 0 Å². The zero-order valence-electron chi connectivity index (χ0n) is 16.1. The molecule has 0 bridgehead atoms. The number of carbonyl (C=O) groups excluding carboxylic acids is 1. The van der Waals surface area contributed by atoms with Crippen molar-refractivity contribution in [3.05, 3.63) is 11.6 Å². The molecule has 0 aliphatic heterocycles. The number of hydrogen-bond acceptors (Lipinski definition) is 3. The Hall–Kier alpha value is -0.830. The van der Waals surface area contributed by atoms with Gasteiger partial charge in [0.25, 0.3) is 0 Å². The minimum absolute atomic E-state index is 0.0585. The summed E-state index contributed by atoms with van der Waals surface area (Å²) in [7, 11) is 0. The van der Waals surface area contributed by atoms with Gasteiger partial charge in [-0.15, -0.1) is 0 Å². The lowest BCUT2D eigenvalue weighted by molar-refractivity contribution is -0.179.